The van der Waals surface area contributed by atoms with Gasteiger partial charge < -0.3 is 10.5 Å². The summed E-state index contributed by atoms with van der Waals surface area (Å²) >= 11 is 11.9. The molecule has 0 saturated carbocycles. The van der Waals surface area contributed by atoms with E-state index in [4.69, 9.17) is 33.7 Å². The van der Waals surface area contributed by atoms with Gasteiger partial charge in [-0.1, -0.05) is 30.1 Å². The fourth-order valence-corrected chi connectivity index (χ4v) is 2.06. The summed E-state index contributed by atoms with van der Waals surface area (Å²) in [5, 5.41) is 1.33. The highest BCUT2D eigenvalue weighted by atomic mass is 35.5. The smallest absolute Gasteiger partial charge is 0.150 e. The number of ether oxygens (including phenoxy) is 1. The van der Waals surface area contributed by atoms with Gasteiger partial charge in [-0.15, -0.1) is 0 Å². The number of nitrogen functional groups attached to an aromatic ring is 1. The maximum atomic E-state index is 6.05. The first kappa shape index (κ1) is 13.1. The maximum Gasteiger partial charge on any atom is 0.150 e. The van der Waals surface area contributed by atoms with Gasteiger partial charge >= 0.3 is 0 Å². The minimum absolute atomic E-state index is 0.510. The molecule has 18 heavy (non-hydrogen) atoms. The van der Waals surface area contributed by atoms with Crippen LogP contribution in [-0.2, 0) is 6.42 Å². The molecule has 94 valence electrons. The van der Waals surface area contributed by atoms with Crippen molar-refractivity contribution in [1.29, 1.82) is 0 Å². The van der Waals surface area contributed by atoms with Crippen LogP contribution >= 0.6 is 23.2 Å². The molecule has 0 spiro atoms. The van der Waals surface area contributed by atoms with Crippen molar-refractivity contribution in [2.45, 2.75) is 13.3 Å². The van der Waals surface area contributed by atoms with Gasteiger partial charge in [0.05, 0.1) is 5.69 Å². The number of halogens is 2. The molecule has 0 saturated heterocycles. The number of rotatable bonds is 3. The molecule has 0 aliphatic heterocycles. The number of hydrogen-bond acceptors (Lipinski definition) is 2. The van der Waals surface area contributed by atoms with Gasteiger partial charge in [-0.3, -0.25) is 0 Å². The topological polar surface area (TPSA) is 35.2 Å². The van der Waals surface area contributed by atoms with Gasteiger partial charge in [0.2, 0.25) is 0 Å². The predicted molar refractivity (Wildman–Crippen MR) is 76.8 cm³/mol. The molecule has 0 aliphatic rings. The van der Waals surface area contributed by atoms with E-state index in [-0.39, 0.29) is 0 Å². The van der Waals surface area contributed by atoms with Crippen molar-refractivity contribution < 1.29 is 4.74 Å². The Morgan fingerprint density at radius 1 is 1.11 bits per heavy atom. The molecule has 2 aromatic carbocycles. The predicted octanol–water partition coefficient (Wildman–Crippen LogP) is 4.93. The van der Waals surface area contributed by atoms with E-state index in [1.807, 2.05) is 25.1 Å². The highest BCUT2D eigenvalue weighted by Crippen LogP contribution is 2.31. The van der Waals surface area contributed by atoms with Crippen LogP contribution in [-0.4, -0.2) is 0 Å². The minimum atomic E-state index is 0.510. The molecule has 2 rings (SSSR count). The Kier molecular flexibility index (Phi) is 4.00. The molecule has 0 atom stereocenters. The third-order valence-electron chi connectivity index (χ3n) is 2.60. The van der Waals surface area contributed by atoms with Crippen molar-refractivity contribution in [3.05, 3.63) is 52.0 Å². The lowest BCUT2D eigenvalue weighted by molar-refractivity contribution is 0.484. The Labute approximate surface area is 116 Å². The summed E-state index contributed by atoms with van der Waals surface area (Å²) in [6, 6.07) is 10.7. The molecule has 0 fully saturated rings. The van der Waals surface area contributed by atoms with Crippen molar-refractivity contribution in [3.8, 4) is 11.5 Å². The van der Waals surface area contributed by atoms with Crippen LogP contribution in [0.15, 0.2) is 36.4 Å². The molecule has 0 aromatic heterocycles. The fraction of sp³-hybridized carbons (Fsp3) is 0.143. The third-order valence-corrected chi connectivity index (χ3v) is 3.20. The molecule has 0 aliphatic carbocycles. The number of benzene rings is 2. The van der Waals surface area contributed by atoms with Crippen LogP contribution in [0.2, 0.25) is 10.0 Å². The summed E-state index contributed by atoms with van der Waals surface area (Å²) in [5.41, 5.74) is 7.39. The van der Waals surface area contributed by atoms with E-state index in [2.05, 4.69) is 0 Å². The van der Waals surface area contributed by atoms with E-state index in [1.54, 1.807) is 18.2 Å². The Hall–Kier alpha value is -1.38. The number of anilines is 1. The summed E-state index contributed by atoms with van der Waals surface area (Å²) in [5.74, 6) is 1.30. The second kappa shape index (κ2) is 5.51. The quantitative estimate of drug-likeness (QED) is 0.810. The van der Waals surface area contributed by atoms with Gasteiger partial charge in [-0.05, 0) is 48.4 Å². The first-order valence-electron chi connectivity index (χ1n) is 5.61. The van der Waals surface area contributed by atoms with Crippen molar-refractivity contribution >= 4 is 28.9 Å². The first-order valence-corrected chi connectivity index (χ1v) is 6.37. The lowest BCUT2D eigenvalue weighted by atomic mass is 10.1. The molecule has 0 amide bonds. The second-order valence-electron chi connectivity index (χ2n) is 3.89. The third kappa shape index (κ3) is 2.89. The molecule has 0 bridgehead atoms. The van der Waals surface area contributed by atoms with Gasteiger partial charge in [0.15, 0.2) is 0 Å². The molecular formula is C14H13Cl2NO. The monoisotopic (exact) mass is 281 g/mol. The van der Waals surface area contributed by atoms with Crippen LogP contribution in [0.5, 0.6) is 11.5 Å². The average Bonchev–Trinajstić information content (AvgIpc) is 2.35. The minimum Gasteiger partial charge on any atom is -0.455 e. The molecule has 2 aromatic rings. The van der Waals surface area contributed by atoms with E-state index >= 15 is 0 Å². The van der Waals surface area contributed by atoms with E-state index in [1.165, 1.54) is 0 Å². The van der Waals surface area contributed by atoms with Gasteiger partial charge in [-0.25, -0.2) is 0 Å². The van der Waals surface area contributed by atoms with E-state index < -0.39 is 0 Å². The zero-order valence-electron chi connectivity index (χ0n) is 9.91. The van der Waals surface area contributed by atoms with Crippen LogP contribution in [0.3, 0.4) is 0 Å². The Morgan fingerprint density at radius 2 is 1.89 bits per heavy atom. The van der Waals surface area contributed by atoms with E-state index in [0.29, 0.717) is 22.2 Å². The molecule has 0 unspecified atom stereocenters. The van der Waals surface area contributed by atoms with E-state index in [9.17, 15) is 0 Å². The Morgan fingerprint density at radius 3 is 2.56 bits per heavy atom. The van der Waals surface area contributed by atoms with Crippen LogP contribution < -0.4 is 10.5 Å². The van der Waals surface area contributed by atoms with Gasteiger partial charge in [-0.2, -0.15) is 0 Å². The zero-order chi connectivity index (χ0) is 13.1. The van der Waals surface area contributed by atoms with Crippen molar-refractivity contribution in [1.82, 2.24) is 0 Å². The Balaban J connectivity index is 2.28. The van der Waals surface area contributed by atoms with Gasteiger partial charge in [0.1, 0.15) is 11.5 Å². The summed E-state index contributed by atoms with van der Waals surface area (Å²) < 4.78 is 5.72. The van der Waals surface area contributed by atoms with Gasteiger partial charge in [0, 0.05) is 10.0 Å². The molecule has 4 heteroatoms. The summed E-state index contributed by atoms with van der Waals surface area (Å²) in [6.45, 7) is 2.04. The lowest BCUT2D eigenvalue weighted by Gasteiger charge is -2.10. The average molecular weight is 282 g/mol. The second-order valence-corrected chi connectivity index (χ2v) is 4.73. The van der Waals surface area contributed by atoms with Crippen LogP contribution in [0.4, 0.5) is 5.69 Å². The molecule has 0 radical (unpaired) electrons. The lowest BCUT2D eigenvalue weighted by Crippen LogP contribution is -1.93. The number of nitrogens with two attached hydrogens (primary N) is 1. The maximum absolute atomic E-state index is 6.05. The van der Waals surface area contributed by atoms with Gasteiger partial charge in [0.25, 0.3) is 0 Å². The van der Waals surface area contributed by atoms with Crippen molar-refractivity contribution in [2.24, 2.45) is 0 Å². The van der Waals surface area contributed by atoms with Crippen molar-refractivity contribution in [3.63, 3.8) is 0 Å². The molecule has 0 heterocycles. The summed E-state index contributed by atoms with van der Waals surface area (Å²) in [7, 11) is 0. The SMILES string of the molecule is CCc1cc(Oc2ccc(Cl)cc2N)ccc1Cl. The Bertz CT molecular complexity index is 570. The molecule has 2 nitrogen and oxygen atoms in total. The summed E-state index contributed by atoms with van der Waals surface area (Å²) in [4.78, 5) is 0. The standard InChI is InChI=1S/C14H13Cl2NO/c1-2-9-7-11(4-5-12(9)16)18-14-6-3-10(15)8-13(14)17/h3-8H,2,17H2,1H3. The zero-order valence-corrected chi connectivity index (χ0v) is 11.4. The normalized spacial score (nSPS) is 10.4. The highest BCUT2D eigenvalue weighted by molar-refractivity contribution is 6.31. The highest BCUT2D eigenvalue weighted by Gasteiger charge is 2.05. The first-order chi connectivity index (χ1) is 8.60. The molecule has 2 N–H and O–H groups in total. The van der Waals surface area contributed by atoms with Crippen LogP contribution in [0.25, 0.3) is 0 Å². The fourth-order valence-electron chi connectivity index (χ4n) is 1.62. The van der Waals surface area contributed by atoms with Crippen LogP contribution in [0.1, 0.15) is 12.5 Å². The number of aryl methyl sites for hydroxylation is 1. The largest absolute Gasteiger partial charge is 0.455 e. The molecular weight excluding hydrogens is 269 g/mol. The van der Waals surface area contributed by atoms with Crippen molar-refractivity contribution in [2.75, 3.05) is 5.73 Å². The number of hydrogen-bond donors (Lipinski definition) is 1. The summed E-state index contributed by atoms with van der Waals surface area (Å²) in [6.07, 6.45) is 0.853. The van der Waals surface area contributed by atoms with Crippen LogP contribution in [0, 0.1) is 0 Å². The van der Waals surface area contributed by atoms with E-state index in [0.717, 1.165) is 17.0 Å².